The number of nitrogens with zero attached hydrogens (tertiary/aromatic N) is 4. The van der Waals surface area contributed by atoms with Crippen LogP contribution in [-0.2, 0) is 9.53 Å². The van der Waals surface area contributed by atoms with E-state index in [2.05, 4.69) is 36.0 Å². The minimum absolute atomic E-state index is 0.0943. The number of anilines is 6. The SMILES string of the molecule is Cc1[nH]nc(Nc2cc(N3CCOCC3)nc(Nc3ccc(NC(=O)C4CC4)cc3)n2)c1C. The van der Waals surface area contributed by atoms with Crippen LogP contribution in [0.15, 0.2) is 30.3 Å². The number of ether oxygens (including phenoxy) is 1. The van der Waals surface area contributed by atoms with Crippen molar-refractivity contribution in [1.82, 2.24) is 20.2 Å². The molecule has 2 fully saturated rings. The van der Waals surface area contributed by atoms with Crippen LogP contribution < -0.4 is 20.9 Å². The fourth-order valence-electron chi connectivity index (χ4n) is 3.59. The van der Waals surface area contributed by atoms with E-state index in [9.17, 15) is 4.79 Å². The van der Waals surface area contributed by atoms with Crippen LogP contribution >= 0.6 is 0 Å². The van der Waals surface area contributed by atoms with Gasteiger partial charge in [0.15, 0.2) is 5.82 Å². The van der Waals surface area contributed by atoms with Gasteiger partial charge in [-0.3, -0.25) is 9.89 Å². The number of morpholine rings is 1. The van der Waals surface area contributed by atoms with E-state index in [1.165, 1.54) is 0 Å². The Morgan fingerprint density at radius 3 is 2.45 bits per heavy atom. The Labute approximate surface area is 192 Å². The van der Waals surface area contributed by atoms with Crippen LogP contribution in [0.5, 0.6) is 0 Å². The van der Waals surface area contributed by atoms with Crippen LogP contribution in [0, 0.1) is 19.8 Å². The van der Waals surface area contributed by atoms with Crippen molar-refractivity contribution in [2.24, 2.45) is 5.92 Å². The van der Waals surface area contributed by atoms with Crippen molar-refractivity contribution in [1.29, 1.82) is 0 Å². The molecule has 0 radical (unpaired) electrons. The zero-order chi connectivity index (χ0) is 22.8. The van der Waals surface area contributed by atoms with Gasteiger partial charge in [0.25, 0.3) is 0 Å². The molecule has 1 aliphatic heterocycles. The molecule has 10 heteroatoms. The van der Waals surface area contributed by atoms with Gasteiger partial charge in [0.2, 0.25) is 11.9 Å². The highest BCUT2D eigenvalue weighted by Gasteiger charge is 2.29. The minimum atomic E-state index is 0.0943. The second-order valence-corrected chi connectivity index (χ2v) is 8.45. The Morgan fingerprint density at radius 2 is 1.79 bits per heavy atom. The molecule has 10 nitrogen and oxygen atoms in total. The van der Waals surface area contributed by atoms with Gasteiger partial charge in [0.05, 0.1) is 13.2 Å². The third-order valence-electron chi connectivity index (χ3n) is 5.90. The first kappa shape index (κ1) is 21.2. The van der Waals surface area contributed by atoms with Gasteiger partial charge in [-0.25, -0.2) is 0 Å². The highest BCUT2D eigenvalue weighted by molar-refractivity contribution is 5.94. The largest absolute Gasteiger partial charge is 0.378 e. The number of carbonyl (C=O) groups is 1. The molecule has 172 valence electrons. The quantitative estimate of drug-likeness (QED) is 0.434. The number of hydrogen-bond donors (Lipinski definition) is 4. The molecule has 0 bridgehead atoms. The van der Waals surface area contributed by atoms with E-state index in [1.54, 1.807) is 0 Å². The van der Waals surface area contributed by atoms with Crippen molar-refractivity contribution in [3.8, 4) is 0 Å². The summed E-state index contributed by atoms with van der Waals surface area (Å²) in [4.78, 5) is 23.5. The Balaban J connectivity index is 1.36. The zero-order valence-electron chi connectivity index (χ0n) is 18.8. The lowest BCUT2D eigenvalue weighted by molar-refractivity contribution is -0.117. The van der Waals surface area contributed by atoms with Gasteiger partial charge in [0.1, 0.15) is 11.6 Å². The summed E-state index contributed by atoms with van der Waals surface area (Å²) in [6, 6.07) is 9.49. The molecule has 1 aromatic carbocycles. The third kappa shape index (κ3) is 5.06. The Morgan fingerprint density at radius 1 is 1.06 bits per heavy atom. The number of amides is 1. The fourth-order valence-corrected chi connectivity index (χ4v) is 3.59. The summed E-state index contributed by atoms with van der Waals surface area (Å²) in [5, 5.41) is 16.9. The maximum Gasteiger partial charge on any atom is 0.231 e. The predicted molar refractivity (Wildman–Crippen MR) is 127 cm³/mol. The summed E-state index contributed by atoms with van der Waals surface area (Å²) in [6.07, 6.45) is 1.96. The number of hydrogen-bond acceptors (Lipinski definition) is 8. The summed E-state index contributed by atoms with van der Waals surface area (Å²) in [6.45, 7) is 6.87. The molecule has 1 saturated carbocycles. The van der Waals surface area contributed by atoms with Gasteiger partial charge in [-0.1, -0.05) is 0 Å². The van der Waals surface area contributed by atoms with Crippen molar-refractivity contribution in [3.05, 3.63) is 41.6 Å². The number of carbonyl (C=O) groups excluding carboxylic acids is 1. The summed E-state index contributed by atoms with van der Waals surface area (Å²) >= 11 is 0. The predicted octanol–water partition coefficient (Wildman–Crippen LogP) is 3.49. The van der Waals surface area contributed by atoms with E-state index < -0.39 is 0 Å². The summed E-state index contributed by atoms with van der Waals surface area (Å²) in [5.74, 6) is 2.94. The number of nitrogens with one attached hydrogen (secondary N) is 4. The maximum atomic E-state index is 12.0. The molecule has 0 spiro atoms. The zero-order valence-corrected chi connectivity index (χ0v) is 18.8. The number of aromatic amines is 1. The maximum absolute atomic E-state index is 12.0. The first-order chi connectivity index (χ1) is 16.0. The monoisotopic (exact) mass is 448 g/mol. The summed E-state index contributed by atoms with van der Waals surface area (Å²) < 4.78 is 5.49. The topological polar surface area (TPSA) is 120 Å². The molecule has 3 heterocycles. The summed E-state index contributed by atoms with van der Waals surface area (Å²) in [7, 11) is 0. The fraction of sp³-hybridized carbons (Fsp3) is 0.391. The van der Waals surface area contributed by atoms with Crippen molar-refractivity contribution in [2.75, 3.05) is 47.2 Å². The minimum Gasteiger partial charge on any atom is -0.378 e. The first-order valence-corrected chi connectivity index (χ1v) is 11.2. The van der Waals surface area contributed by atoms with Gasteiger partial charge in [-0.15, -0.1) is 0 Å². The van der Waals surface area contributed by atoms with Gasteiger partial charge in [0, 0.05) is 47.7 Å². The normalized spacial score (nSPS) is 15.9. The second-order valence-electron chi connectivity index (χ2n) is 8.45. The van der Waals surface area contributed by atoms with E-state index in [1.807, 2.05) is 44.2 Å². The van der Waals surface area contributed by atoms with Crippen LogP contribution in [0.2, 0.25) is 0 Å². The van der Waals surface area contributed by atoms with Crippen LogP contribution in [0.25, 0.3) is 0 Å². The van der Waals surface area contributed by atoms with Crippen molar-refractivity contribution >= 4 is 40.7 Å². The second kappa shape index (κ2) is 9.07. The number of H-pyrrole nitrogens is 1. The van der Waals surface area contributed by atoms with E-state index >= 15 is 0 Å². The van der Waals surface area contributed by atoms with Crippen LogP contribution in [0.1, 0.15) is 24.1 Å². The standard InChI is InChI=1S/C23H28N8O2/c1-14-15(2)29-30-21(14)26-19-13-20(31-9-11-33-12-10-31)28-23(27-19)25-18-7-5-17(6-8-18)24-22(32)16-3-4-16/h5-8,13,16H,3-4,9-12H2,1-2H3,(H,24,32)(H3,25,26,27,28,29,30). The number of benzene rings is 1. The van der Waals surface area contributed by atoms with Gasteiger partial charge in [-0.05, 0) is 51.0 Å². The molecule has 3 aromatic rings. The van der Waals surface area contributed by atoms with Gasteiger partial charge >= 0.3 is 0 Å². The lowest BCUT2D eigenvalue weighted by Gasteiger charge is -2.28. The molecule has 5 rings (SSSR count). The molecular formula is C23H28N8O2. The molecule has 2 aromatic heterocycles. The molecule has 1 amide bonds. The average Bonchev–Trinajstić information content (AvgIpc) is 3.64. The molecule has 2 aliphatic rings. The Hall–Kier alpha value is -3.66. The average molecular weight is 449 g/mol. The molecule has 33 heavy (non-hydrogen) atoms. The molecule has 0 unspecified atom stereocenters. The van der Waals surface area contributed by atoms with Crippen LogP contribution in [-0.4, -0.2) is 52.4 Å². The number of aryl methyl sites for hydroxylation is 1. The highest BCUT2D eigenvalue weighted by Crippen LogP contribution is 2.30. The number of rotatable bonds is 7. The van der Waals surface area contributed by atoms with E-state index in [0.717, 1.165) is 60.2 Å². The first-order valence-electron chi connectivity index (χ1n) is 11.2. The van der Waals surface area contributed by atoms with Crippen molar-refractivity contribution in [2.45, 2.75) is 26.7 Å². The molecular weight excluding hydrogens is 420 g/mol. The van der Waals surface area contributed by atoms with Crippen LogP contribution in [0.3, 0.4) is 0 Å². The Bertz CT molecular complexity index is 1130. The molecule has 0 atom stereocenters. The molecule has 1 saturated heterocycles. The van der Waals surface area contributed by atoms with E-state index in [-0.39, 0.29) is 11.8 Å². The van der Waals surface area contributed by atoms with Crippen molar-refractivity contribution < 1.29 is 9.53 Å². The van der Waals surface area contributed by atoms with E-state index in [4.69, 9.17) is 9.72 Å². The smallest absolute Gasteiger partial charge is 0.231 e. The van der Waals surface area contributed by atoms with Crippen LogP contribution in [0.4, 0.5) is 34.8 Å². The lowest BCUT2D eigenvalue weighted by Crippen LogP contribution is -2.36. The summed E-state index contributed by atoms with van der Waals surface area (Å²) in [5.41, 5.74) is 3.66. The highest BCUT2D eigenvalue weighted by atomic mass is 16.5. The molecule has 1 aliphatic carbocycles. The Kier molecular flexibility index (Phi) is 5.82. The van der Waals surface area contributed by atoms with Gasteiger partial charge in [-0.2, -0.15) is 15.1 Å². The number of aromatic nitrogens is 4. The van der Waals surface area contributed by atoms with E-state index in [0.29, 0.717) is 25.0 Å². The van der Waals surface area contributed by atoms with Crippen molar-refractivity contribution in [3.63, 3.8) is 0 Å². The molecule has 4 N–H and O–H groups in total. The lowest BCUT2D eigenvalue weighted by atomic mass is 10.2. The third-order valence-corrected chi connectivity index (χ3v) is 5.90. The van der Waals surface area contributed by atoms with Gasteiger partial charge < -0.3 is 25.6 Å².